The molecule has 0 unspecified atom stereocenters. The summed E-state index contributed by atoms with van der Waals surface area (Å²) >= 11 is 0. The monoisotopic (exact) mass is 408 g/mol. The summed E-state index contributed by atoms with van der Waals surface area (Å²) in [6.45, 7) is 2.12. The zero-order chi connectivity index (χ0) is 20.4. The first-order valence-corrected chi connectivity index (χ1v) is 11.0. The third-order valence-electron chi connectivity index (χ3n) is 4.16. The average Bonchev–Trinajstić information content (AvgIpc) is 2.66. The molecule has 28 heavy (non-hydrogen) atoms. The van der Waals surface area contributed by atoms with Gasteiger partial charge in [-0.3, -0.25) is 4.18 Å². The van der Waals surface area contributed by atoms with E-state index in [0.29, 0.717) is 13.0 Å². The quantitative estimate of drug-likeness (QED) is 0.544. The Morgan fingerprint density at radius 2 is 1.39 bits per heavy atom. The Labute approximate surface area is 167 Å². The van der Waals surface area contributed by atoms with E-state index >= 15 is 0 Å². The molecule has 0 aliphatic rings. The van der Waals surface area contributed by atoms with Crippen LogP contribution in [0.1, 0.15) is 24.5 Å². The Bertz CT molecular complexity index is 779. The standard InChI is InChI=1S/C21H28O6S/c1-17(27-28(2,23)24)21(26-16-19-11-7-4-8-12-19)20(13-14-22)25-15-18-9-5-3-6-10-18/h3-12,17,20-22H,13-16H2,1-2H3/t17-,20+,21+/m0/s1. The van der Waals surface area contributed by atoms with Crippen molar-refractivity contribution >= 4 is 10.1 Å². The van der Waals surface area contributed by atoms with E-state index < -0.39 is 28.4 Å². The van der Waals surface area contributed by atoms with E-state index in [1.165, 1.54) is 0 Å². The maximum atomic E-state index is 11.6. The van der Waals surface area contributed by atoms with Crippen LogP contribution in [0.5, 0.6) is 0 Å². The molecule has 0 aliphatic heterocycles. The number of aliphatic hydroxyl groups excluding tert-OH is 1. The minimum Gasteiger partial charge on any atom is -0.396 e. The predicted molar refractivity (Wildman–Crippen MR) is 107 cm³/mol. The van der Waals surface area contributed by atoms with Gasteiger partial charge in [0.25, 0.3) is 10.1 Å². The lowest BCUT2D eigenvalue weighted by atomic mass is 10.1. The fourth-order valence-corrected chi connectivity index (χ4v) is 3.55. The normalized spacial score (nSPS) is 15.1. The van der Waals surface area contributed by atoms with Crippen molar-refractivity contribution in [3.8, 4) is 0 Å². The van der Waals surface area contributed by atoms with Crippen LogP contribution in [0.4, 0.5) is 0 Å². The summed E-state index contributed by atoms with van der Waals surface area (Å²) in [4.78, 5) is 0. The highest BCUT2D eigenvalue weighted by Crippen LogP contribution is 2.20. The van der Waals surface area contributed by atoms with Crippen molar-refractivity contribution in [3.05, 3.63) is 71.8 Å². The number of aliphatic hydroxyl groups is 1. The average molecular weight is 409 g/mol. The summed E-state index contributed by atoms with van der Waals surface area (Å²) in [7, 11) is -3.66. The van der Waals surface area contributed by atoms with Crippen molar-refractivity contribution in [1.29, 1.82) is 0 Å². The molecule has 2 aromatic rings. The van der Waals surface area contributed by atoms with Gasteiger partial charge in [0, 0.05) is 6.61 Å². The zero-order valence-electron chi connectivity index (χ0n) is 16.2. The molecule has 154 valence electrons. The van der Waals surface area contributed by atoms with Gasteiger partial charge in [0.2, 0.25) is 0 Å². The van der Waals surface area contributed by atoms with E-state index in [9.17, 15) is 13.5 Å². The van der Waals surface area contributed by atoms with Crippen molar-refractivity contribution in [1.82, 2.24) is 0 Å². The van der Waals surface area contributed by atoms with Crippen LogP contribution >= 0.6 is 0 Å². The molecule has 0 heterocycles. The third kappa shape index (κ3) is 8.08. The molecule has 0 amide bonds. The van der Waals surface area contributed by atoms with Crippen molar-refractivity contribution in [2.24, 2.45) is 0 Å². The fourth-order valence-electron chi connectivity index (χ4n) is 2.89. The Kier molecular flexibility index (Phi) is 9.08. The van der Waals surface area contributed by atoms with Crippen molar-refractivity contribution in [2.45, 2.75) is 44.9 Å². The largest absolute Gasteiger partial charge is 0.396 e. The molecule has 0 aromatic heterocycles. The highest BCUT2D eigenvalue weighted by atomic mass is 32.2. The lowest BCUT2D eigenvalue weighted by Crippen LogP contribution is -2.42. The molecule has 2 aromatic carbocycles. The number of hydrogen-bond acceptors (Lipinski definition) is 6. The highest BCUT2D eigenvalue weighted by Gasteiger charge is 2.31. The second-order valence-corrected chi connectivity index (χ2v) is 8.21. The van der Waals surface area contributed by atoms with Crippen LogP contribution in [0.15, 0.2) is 60.7 Å². The molecule has 0 radical (unpaired) electrons. The van der Waals surface area contributed by atoms with Crippen LogP contribution in [0.25, 0.3) is 0 Å². The Morgan fingerprint density at radius 1 is 0.893 bits per heavy atom. The molecular formula is C21H28O6S. The summed E-state index contributed by atoms with van der Waals surface area (Å²) in [5.41, 5.74) is 1.92. The summed E-state index contributed by atoms with van der Waals surface area (Å²) < 4.78 is 40.4. The lowest BCUT2D eigenvalue weighted by molar-refractivity contribution is -0.126. The maximum absolute atomic E-state index is 11.6. The third-order valence-corrected chi connectivity index (χ3v) is 4.81. The van der Waals surface area contributed by atoms with Crippen molar-refractivity contribution in [2.75, 3.05) is 12.9 Å². The zero-order valence-corrected chi connectivity index (χ0v) is 17.0. The maximum Gasteiger partial charge on any atom is 0.264 e. The second kappa shape index (κ2) is 11.3. The summed E-state index contributed by atoms with van der Waals surface area (Å²) in [5, 5.41) is 9.49. The first kappa shape index (κ1) is 22.5. The van der Waals surface area contributed by atoms with Gasteiger partial charge in [0.15, 0.2) is 0 Å². The Balaban J connectivity index is 2.13. The minimum atomic E-state index is -3.66. The molecule has 6 nitrogen and oxygen atoms in total. The van der Waals surface area contributed by atoms with E-state index in [0.717, 1.165) is 17.4 Å². The van der Waals surface area contributed by atoms with Gasteiger partial charge < -0.3 is 14.6 Å². The van der Waals surface area contributed by atoms with Crippen LogP contribution in [-0.4, -0.2) is 44.7 Å². The van der Waals surface area contributed by atoms with Gasteiger partial charge in [-0.1, -0.05) is 60.7 Å². The number of rotatable bonds is 12. The van der Waals surface area contributed by atoms with Crippen LogP contribution in [0.2, 0.25) is 0 Å². The second-order valence-electron chi connectivity index (χ2n) is 6.61. The molecule has 3 atom stereocenters. The minimum absolute atomic E-state index is 0.115. The van der Waals surface area contributed by atoms with E-state index in [2.05, 4.69) is 0 Å². The number of hydrogen-bond donors (Lipinski definition) is 1. The lowest BCUT2D eigenvalue weighted by Gasteiger charge is -2.31. The fraction of sp³-hybridized carbons (Fsp3) is 0.429. The molecule has 0 saturated heterocycles. The van der Waals surface area contributed by atoms with Crippen LogP contribution in [0, 0.1) is 0 Å². The van der Waals surface area contributed by atoms with Gasteiger partial charge in [0.1, 0.15) is 12.2 Å². The van der Waals surface area contributed by atoms with Gasteiger partial charge in [0.05, 0.1) is 25.6 Å². The predicted octanol–water partition coefficient (Wildman–Crippen LogP) is 2.90. The van der Waals surface area contributed by atoms with Gasteiger partial charge in [-0.05, 0) is 24.5 Å². The molecule has 2 rings (SSSR count). The molecule has 0 spiro atoms. The molecule has 1 N–H and O–H groups in total. The topological polar surface area (TPSA) is 82.1 Å². The molecule has 0 saturated carbocycles. The van der Waals surface area contributed by atoms with E-state index in [4.69, 9.17) is 13.7 Å². The molecular weight excluding hydrogens is 380 g/mol. The Morgan fingerprint density at radius 3 is 1.86 bits per heavy atom. The van der Waals surface area contributed by atoms with E-state index in [1.54, 1.807) is 6.92 Å². The molecule has 7 heteroatoms. The van der Waals surface area contributed by atoms with Crippen molar-refractivity contribution in [3.63, 3.8) is 0 Å². The SMILES string of the molecule is C[C@H](OS(C)(=O)=O)[C@@H](OCc1ccccc1)[C@@H](CCO)OCc1ccccc1. The summed E-state index contributed by atoms with van der Waals surface area (Å²) in [5.74, 6) is 0. The summed E-state index contributed by atoms with van der Waals surface area (Å²) in [6, 6.07) is 19.2. The van der Waals surface area contributed by atoms with E-state index in [1.807, 2.05) is 60.7 Å². The Hall–Kier alpha value is -1.77. The van der Waals surface area contributed by atoms with Gasteiger partial charge in [-0.25, -0.2) is 0 Å². The van der Waals surface area contributed by atoms with Gasteiger partial charge in [-0.15, -0.1) is 0 Å². The van der Waals surface area contributed by atoms with Crippen LogP contribution < -0.4 is 0 Å². The molecule has 0 fully saturated rings. The van der Waals surface area contributed by atoms with Crippen LogP contribution in [-0.2, 0) is 37.0 Å². The highest BCUT2D eigenvalue weighted by molar-refractivity contribution is 7.86. The first-order valence-electron chi connectivity index (χ1n) is 9.19. The van der Waals surface area contributed by atoms with E-state index in [-0.39, 0.29) is 13.2 Å². The van der Waals surface area contributed by atoms with Gasteiger partial charge >= 0.3 is 0 Å². The molecule has 0 bridgehead atoms. The smallest absolute Gasteiger partial charge is 0.264 e. The number of ether oxygens (including phenoxy) is 2. The van der Waals surface area contributed by atoms with Crippen molar-refractivity contribution < 1.29 is 27.2 Å². The summed E-state index contributed by atoms with van der Waals surface area (Å²) in [6.07, 6.45) is -0.685. The number of benzene rings is 2. The first-order chi connectivity index (χ1) is 13.4. The van der Waals surface area contributed by atoms with Crippen LogP contribution in [0.3, 0.4) is 0 Å². The van der Waals surface area contributed by atoms with Gasteiger partial charge in [-0.2, -0.15) is 8.42 Å². The molecule has 0 aliphatic carbocycles.